The highest BCUT2D eigenvalue weighted by Crippen LogP contribution is 2.38. The Morgan fingerprint density at radius 3 is 2.44 bits per heavy atom. The van der Waals surface area contributed by atoms with Gasteiger partial charge in [-0.25, -0.2) is 4.79 Å². The molecular weight excluding hydrogens is 582 g/mol. The van der Waals surface area contributed by atoms with E-state index < -0.39 is 5.97 Å². The Kier molecular flexibility index (Phi) is 6.91. The third-order valence-corrected chi connectivity index (χ3v) is 8.20. The van der Waals surface area contributed by atoms with Gasteiger partial charge in [0.05, 0.1) is 15.3 Å². The number of esters is 1. The Labute approximate surface area is 189 Å². The molecule has 0 radical (unpaired) electrons. The Morgan fingerprint density at radius 1 is 1.15 bits per heavy atom. The number of nitrogens with one attached hydrogen (secondary N) is 1. The molecule has 3 rings (SSSR count). The van der Waals surface area contributed by atoms with E-state index >= 15 is 0 Å². The molecule has 0 fully saturated rings. The van der Waals surface area contributed by atoms with Gasteiger partial charge in [-0.1, -0.05) is 28.1 Å². The molecule has 0 saturated carbocycles. The van der Waals surface area contributed by atoms with Crippen molar-refractivity contribution in [2.75, 3.05) is 11.9 Å². The maximum Gasteiger partial charge on any atom is 0.341 e. The van der Waals surface area contributed by atoms with Crippen molar-refractivity contribution < 1.29 is 14.3 Å². The number of carbonyl (C=O) groups is 2. The summed E-state index contributed by atoms with van der Waals surface area (Å²) in [6, 6.07) is 9.36. The third-order valence-electron chi connectivity index (χ3n) is 3.52. The molecule has 9 heteroatoms. The molecule has 3 aromatic rings. The summed E-state index contributed by atoms with van der Waals surface area (Å²) in [4.78, 5) is 25.7. The zero-order valence-electron chi connectivity index (χ0n) is 13.8. The number of amides is 1. The van der Waals surface area contributed by atoms with E-state index in [1.54, 1.807) is 13.0 Å². The highest BCUT2D eigenvalue weighted by Gasteiger charge is 2.24. The number of ether oxygens (including phenoxy) is 1. The minimum atomic E-state index is -0.458. The molecule has 140 valence electrons. The van der Waals surface area contributed by atoms with Crippen molar-refractivity contribution in [1.29, 1.82) is 0 Å². The first kappa shape index (κ1) is 20.7. The second kappa shape index (κ2) is 9.00. The number of rotatable bonds is 5. The summed E-state index contributed by atoms with van der Waals surface area (Å²) in [6.45, 7) is 2.01. The van der Waals surface area contributed by atoms with Crippen molar-refractivity contribution >= 4 is 87.3 Å². The predicted molar refractivity (Wildman–Crippen MR) is 121 cm³/mol. The first-order chi connectivity index (χ1) is 12.9. The van der Waals surface area contributed by atoms with Crippen molar-refractivity contribution in [3.63, 3.8) is 0 Å². The Balaban J connectivity index is 1.98. The highest BCUT2D eigenvalue weighted by molar-refractivity contribution is 9.13. The van der Waals surface area contributed by atoms with Crippen LogP contribution in [0.4, 0.5) is 5.00 Å². The molecule has 1 aromatic carbocycles. The summed E-state index contributed by atoms with van der Waals surface area (Å²) in [5.74, 6) is -0.735. The van der Waals surface area contributed by atoms with Crippen LogP contribution in [-0.4, -0.2) is 18.5 Å². The maximum absolute atomic E-state index is 12.6. The van der Waals surface area contributed by atoms with Gasteiger partial charge in [0.2, 0.25) is 0 Å². The first-order valence-corrected chi connectivity index (χ1v) is 11.8. The molecule has 2 heterocycles. The van der Waals surface area contributed by atoms with Gasteiger partial charge in [-0.15, -0.1) is 22.7 Å². The van der Waals surface area contributed by atoms with Crippen molar-refractivity contribution in [3.8, 4) is 11.1 Å². The van der Waals surface area contributed by atoms with Gasteiger partial charge in [0.25, 0.3) is 5.91 Å². The number of thiophene rings is 2. The second-order valence-electron chi connectivity index (χ2n) is 5.27. The molecule has 2 aromatic heterocycles. The van der Waals surface area contributed by atoms with E-state index in [1.807, 2.05) is 29.6 Å². The largest absolute Gasteiger partial charge is 0.462 e. The van der Waals surface area contributed by atoms with Crippen LogP contribution < -0.4 is 5.32 Å². The topological polar surface area (TPSA) is 55.4 Å². The fourth-order valence-electron chi connectivity index (χ4n) is 2.32. The molecule has 1 amide bonds. The van der Waals surface area contributed by atoms with E-state index in [4.69, 9.17) is 4.74 Å². The Bertz CT molecular complexity index is 976. The number of benzene rings is 1. The molecular formula is C18H12Br3NO3S2. The molecule has 0 bridgehead atoms. The minimum Gasteiger partial charge on any atom is -0.462 e. The van der Waals surface area contributed by atoms with Crippen LogP contribution in [0, 0.1) is 0 Å². The first-order valence-electron chi connectivity index (χ1n) is 7.71. The molecule has 0 aliphatic carbocycles. The molecule has 1 N–H and O–H groups in total. The zero-order chi connectivity index (χ0) is 19.6. The monoisotopic (exact) mass is 591 g/mol. The van der Waals surface area contributed by atoms with E-state index in [0.717, 1.165) is 23.9 Å². The summed E-state index contributed by atoms with van der Waals surface area (Å²) in [7, 11) is 0. The quantitative estimate of drug-likeness (QED) is 0.319. The fraction of sp³-hybridized carbons (Fsp3) is 0.111. The average Bonchev–Trinajstić information content (AvgIpc) is 3.19. The van der Waals surface area contributed by atoms with E-state index in [2.05, 4.69) is 53.1 Å². The van der Waals surface area contributed by atoms with Gasteiger partial charge in [0.1, 0.15) is 10.6 Å². The number of carbonyl (C=O) groups excluding carboxylic acids is 2. The lowest BCUT2D eigenvalue weighted by molar-refractivity contribution is 0.0529. The van der Waals surface area contributed by atoms with Crippen LogP contribution in [0.3, 0.4) is 0 Å². The number of hydrogen-bond acceptors (Lipinski definition) is 5. The van der Waals surface area contributed by atoms with Crippen molar-refractivity contribution in [2.24, 2.45) is 0 Å². The smallest absolute Gasteiger partial charge is 0.341 e. The molecule has 0 aliphatic heterocycles. The highest BCUT2D eigenvalue weighted by atomic mass is 79.9. The van der Waals surface area contributed by atoms with Crippen LogP contribution in [0.15, 0.2) is 48.4 Å². The van der Waals surface area contributed by atoms with E-state index in [0.29, 0.717) is 15.4 Å². The predicted octanol–water partition coefficient (Wildman–Crippen LogP) is 7.19. The van der Waals surface area contributed by atoms with Crippen molar-refractivity contribution in [2.45, 2.75) is 6.92 Å². The van der Waals surface area contributed by atoms with Gasteiger partial charge < -0.3 is 10.1 Å². The van der Waals surface area contributed by atoms with Crippen LogP contribution in [-0.2, 0) is 4.74 Å². The Morgan fingerprint density at radius 2 is 1.85 bits per heavy atom. The lowest BCUT2D eigenvalue weighted by atomic mass is 10.0. The lowest BCUT2D eigenvalue weighted by Gasteiger charge is -2.08. The summed E-state index contributed by atoms with van der Waals surface area (Å²) < 4.78 is 7.81. The minimum absolute atomic E-state index is 0.257. The molecule has 27 heavy (non-hydrogen) atoms. The van der Waals surface area contributed by atoms with Crippen LogP contribution >= 0.6 is 70.5 Å². The van der Waals surface area contributed by atoms with Gasteiger partial charge in [-0.2, -0.15) is 0 Å². The summed E-state index contributed by atoms with van der Waals surface area (Å²) in [5, 5.41) is 5.17. The van der Waals surface area contributed by atoms with Crippen molar-refractivity contribution in [3.05, 3.63) is 58.9 Å². The van der Waals surface area contributed by atoms with Crippen molar-refractivity contribution in [1.82, 2.24) is 0 Å². The van der Waals surface area contributed by atoms with E-state index in [9.17, 15) is 9.59 Å². The standard InChI is InChI=1S/C18H12Br3NO3S2/c1-2-25-18(24)14-11(9-3-5-10(19)6-4-9)8-26-17(14)22-16(23)13-7-12(20)15(21)27-13/h3-8H,2H2,1H3,(H,22,23). The summed E-state index contributed by atoms with van der Waals surface area (Å²) in [6.07, 6.45) is 0. The molecule has 0 aliphatic rings. The van der Waals surface area contributed by atoms with Crippen LogP contribution in [0.1, 0.15) is 27.0 Å². The number of halogens is 3. The third kappa shape index (κ3) is 4.71. The average molecular weight is 594 g/mol. The summed E-state index contributed by atoms with van der Waals surface area (Å²) in [5.41, 5.74) is 1.97. The second-order valence-corrected chi connectivity index (χ2v) is 10.3. The van der Waals surface area contributed by atoms with Gasteiger partial charge in [-0.05, 0) is 62.5 Å². The zero-order valence-corrected chi connectivity index (χ0v) is 20.2. The SMILES string of the molecule is CCOC(=O)c1c(-c2ccc(Br)cc2)csc1NC(=O)c1cc(Br)c(Br)s1. The van der Waals surface area contributed by atoms with Gasteiger partial charge in [0.15, 0.2) is 0 Å². The summed E-state index contributed by atoms with van der Waals surface area (Å²) >= 11 is 12.8. The van der Waals surface area contributed by atoms with Crippen LogP contribution in [0.2, 0.25) is 0 Å². The van der Waals surface area contributed by atoms with Crippen LogP contribution in [0.25, 0.3) is 11.1 Å². The Hall–Kier alpha value is -1.00. The molecule has 0 spiro atoms. The van der Waals surface area contributed by atoms with E-state index in [-0.39, 0.29) is 12.5 Å². The molecule has 0 saturated heterocycles. The number of anilines is 1. The molecule has 0 atom stereocenters. The van der Waals surface area contributed by atoms with E-state index in [1.165, 1.54) is 22.7 Å². The van der Waals surface area contributed by atoms with Gasteiger partial charge in [0, 0.05) is 19.9 Å². The number of hydrogen-bond donors (Lipinski definition) is 1. The lowest BCUT2D eigenvalue weighted by Crippen LogP contribution is -2.13. The van der Waals surface area contributed by atoms with Crippen LogP contribution in [0.5, 0.6) is 0 Å². The normalized spacial score (nSPS) is 10.7. The maximum atomic E-state index is 12.6. The van der Waals surface area contributed by atoms with Gasteiger partial charge >= 0.3 is 5.97 Å². The molecule has 0 unspecified atom stereocenters. The molecule has 4 nitrogen and oxygen atoms in total. The fourth-order valence-corrected chi connectivity index (χ4v) is 5.47. The van der Waals surface area contributed by atoms with Gasteiger partial charge in [-0.3, -0.25) is 4.79 Å².